The Hall–Kier alpha value is -2.93. The van der Waals surface area contributed by atoms with Crippen LogP contribution in [0.15, 0.2) is 53.1 Å². The van der Waals surface area contributed by atoms with E-state index in [-0.39, 0.29) is 17.7 Å². The number of benzene rings is 1. The Kier molecular flexibility index (Phi) is 4.07. The van der Waals surface area contributed by atoms with Crippen LogP contribution < -0.4 is 10.9 Å². The lowest BCUT2D eigenvalue weighted by molar-refractivity contribution is -0.123. The van der Waals surface area contributed by atoms with Gasteiger partial charge in [0.05, 0.1) is 12.0 Å². The molecule has 2 N–H and O–H groups in total. The van der Waals surface area contributed by atoms with Crippen LogP contribution in [0.3, 0.4) is 0 Å². The first-order valence-electron chi connectivity index (χ1n) is 7.92. The zero-order chi connectivity index (χ0) is 17.2. The second kappa shape index (κ2) is 6.52. The molecule has 1 saturated carbocycles. The maximum Gasteiger partial charge on any atom is 0.282 e. The van der Waals surface area contributed by atoms with Gasteiger partial charge in [0, 0.05) is 11.5 Å². The van der Waals surface area contributed by atoms with Crippen LogP contribution in [0, 0.1) is 5.92 Å². The van der Waals surface area contributed by atoms with E-state index in [0.717, 1.165) is 18.4 Å². The Morgan fingerprint density at radius 3 is 2.56 bits per heavy atom. The van der Waals surface area contributed by atoms with Gasteiger partial charge in [-0.2, -0.15) is 0 Å². The highest BCUT2D eigenvalue weighted by molar-refractivity contribution is 7.17. The SMILES string of the molecule is O=C(NNC(=O)C1CC1)c1sc(-c2ccco2)nc1-c1ccccc1. The molecule has 0 bridgehead atoms. The van der Waals surface area contributed by atoms with Gasteiger partial charge in [-0.05, 0) is 25.0 Å². The summed E-state index contributed by atoms with van der Waals surface area (Å²) in [6.45, 7) is 0. The van der Waals surface area contributed by atoms with E-state index in [1.807, 2.05) is 30.3 Å². The molecule has 0 aliphatic heterocycles. The molecule has 1 aliphatic rings. The minimum atomic E-state index is -0.386. The number of rotatable bonds is 4. The summed E-state index contributed by atoms with van der Waals surface area (Å²) in [4.78, 5) is 29.3. The fourth-order valence-corrected chi connectivity index (χ4v) is 3.34. The van der Waals surface area contributed by atoms with Gasteiger partial charge in [-0.1, -0.05) is 30.3 Å². The zero-order valence-corrected chi connectivity index (χ0v) is 14.0. The van der Waals surface area contributed by atoms with Crippen LogP contribution in [-0.4, -0.2) is 16.8 Å². The average Bonchev–Trinajstić information content (AvgIpc) is 3.18. The number of hydrogen-bond acceptors (Lipinski definition) is 5. The van der Waals surface area contributed by atoms with Crippen LogP contribution in [0.2, 0.25) is 0 Å². The molecule has 4 rings (SSSR count). The molecule has 2 aromatic heterocycles. The summed E-state index contributed by atoms with van der Waals surface area (Å²) in [5.74, 6) is 0.0887. The van der Waals surface area contributed by atoms with Gasteiger partial charge < -0.3 is 4.42 Å². The maximum atomic E-state index is 12.6. The average molecular weight is 353 g/mol. The predicted molar refractivity (Wildman–Crippen MR) is 93.6 cm³/mol. The molecule has 1 fully saturated rings. The minimum absolute atomic E-state index is 0.0223. The molecule has 7 heteroatoms. The number of hydrazine groups is 1. The van der Waals surface area contributed by atoms with Crippen molar-refractivity contribution >= 4 is 23.2 Å². The summed E-state index contributed by atoms with van der Waals surface area (Å²) in [6, 6.07) is 13.0. The van der Waals surface area contributed by atoms with Gasteiger partial charge in [-0.15, -0.1) is 11.3 Å². The molecule has 126 valence electrons. The van der Waals surface area contributed by atoms with E-state index in [1.165, 1.54) is 11.3 Å². The van der Waals surface area contributed by atoms with Crippen LogP contribution in [0.1, 0.15) is 22.5 Å². The van der Waals surface area contributed by atoms with Gasteiger partial charge in [0.15, 0.2) is 10.8 Å². The van der Waals surface area contributed by atoms with E-state index >= 15 is 0 Å². The van der Waals surface area contributed by atoms with Gasteiger partial charge in [-0.25, -0.2) is 4.98 Å². The normalized spacial score (nSPS) is 13.4. The number of carbonyl (C=O) groups is 2. The summed E-state index contributed by atoms with van der Waals surface area (Å²) < 4.78 is 5.39. The van der Waals surface area contributed by atoms with Crippen molar-refractivity contribution in [1.29, 1.82) is 0 Å². The van der Waals surface area contributed by atoms with Gasteiger partial charge >= 0.3 is 0 Å². The Balaban J connectivity index is 1.64. The molecule has 2 amide bonds. The highest BCUT2D eigenvalue weighted by atomic mass is 32.1. The Morgan fingerprint density at radius 2 is 1.88 bits per heavy atom. The lowest BCUT2D eigenvalue weighted by Gasteiger charge is -2.06. The Morgan fingerprint density at radius 1 is 1.08 bits per heavy atom. The molecule has 25 heavy (non-hydrogen) atoms. The van der Waals surface area contributed by atoms with Gasteiger partial charge in [0.25, 0.3) is 5.91 Å². The molecular formula is C18H15N3O3S. The van der Waals surface area contributed by atoms with Crippen molar-refractivity contribution in [2.75, 3.05) is 0 Å². The predicted octanol–water partition coefficient (Wildman–Crippen LogP) is 3.24. The number of nitrogens with zero attached hydrogens (tertiary/aromatic N) is 1. The molecule has 1 aromatic carbocycles. The van der Waals surface area contributed by atoms with Crippen molar-refractivity contribution in [3.8, 4) is 22.0 Å². The second-order valence-electron chi connectivity index (χ2n) is 5.76. The highest BCUT2D eigenvalue weighted by Crippen LogP contribution is 2.34. The molecule has 2 heterocycles. The number of aromatic nitrogens is 1. The van der Waals surface area contributed by atoms with E-state index in [1.54, 1.807) is 18.4 Å². The summed E-state index contributed by atoms with van der Waals surface area (Å²) in [6.07, 6.45) is 3.31. The van der Waals surface area contributed by atoms with Crippen LogP contribution in [0.5, 0.6) is 0 Å². The maximum absolute atomic E-state index is 12.6. The number of hydrogen-bond donors (Lipinski definition) is 2. The minimum Gasteiger partial charge on any atom is -0.462 e. The Labute approximate surface area is 147 Å². The largest absolute Gasteiger partial charge is 0.462 e. The van der Waals surface area contributed by atoms with Crippen molar-refractivity contribution in [3.63, 3.8) is 0 Å². The Bertz CT molecular complexity index is 899. The third-order valence-electron chi connectivity index (χ3n) is 3.86. The third kappa shape index (κ3) is 3.32. The van der Waals surface area contributed by atoms with E-state index in [0.29, 0.717) is 21.3 Å². The van der Waals surface area contributed by atoms with Crippen LogP contribution in [0.4, 0.5) is 0 Å². The molecule has 0 saturated heterocycles. The summed E-state index contributed by atoms with van der Waals surface area (Å²) in [5.41, 5.74) is 6.37. The van der Waals surface area contributed by atoms with E-state index in [2.05, 4.69) is 15.8 Å². The van der Waals surface area contributed by atoms with Crippen molar-refractivity contribution < 1.29 is 14.0 Å². The van der Waals surface area contributed by atoms with Gasteiger partial charge in [0.1, 0.15) is 4.88 Å². The third-order valence-corrected chi connectivity index (χ3v) is 4.93. The molecule has 6 nitrogen and oxygen atoms in total. The van der Waals surface area contributed by atoms with Crippen molar-refractivity contribution in [1.82, 2.24) is 15.8 Å². The first-order chi connectivity index (χ1) is 12.2. The quantitative estimate of drug-likeness (QED) is 0.705. The molecule has 1 aliphatic carbocycles. The monoisotopic (exact) mass is 353 g/mol. The van der Waals surface area contributed by atoms with Gasteiger partial charge in [-0.3, -0.25) is 20.4 Å². The number of nitrogens with one attached hydrogen (secondary N) is 2. The van der Waals surface area contributed by atoms with Crippen LogP contribution in [0.25, 0.3) is 22.0 Å². The molecule has 0 spiro atoms. The lowest BCUT2D eigenvalue weighted by atomic mass is 10.1. The van der Waals surface area contributed by atoms with Crippen molar-refractivity contribution in [2.45, 2.75) is 12.8 Å². The molecule has 0 unspecified atom stereocenters. The van der Waals surface area contributed by atoms with Crippen molar-refractivity contribution in [2.24, 2.45) is 5.92 Å². The number of furan rings is 1. The van der Waals surface area contributed by atoms with Crippen LogP contribution in [-0.2, 0) is 4.79 Å². The van der Waals surface area contributed by atoms with Crippen molar-refractivity contribution in [3.05, 3.63) is 53.6 Å². The second-order valence-corrected chi connectivity index (χ2v) is 6.76. The number of carbonyl (C=O) groups excluding carboxylic acids is 2. The zero-order valence-electron chi connectivity index (χ0n) is 13.2. The van der Waals surface area contributed by atoms with E-state index < -0.39 is 0 Å². The number of thiazole rings is 1. The first kappa shape index (κ1) is 15.6. The van der Waals surface area contributed by atoms with Gasteiger partial charge in [0.2, 0.25) is 5.91 Å². The smallest absolute Gasteiger partial charge is 0.282 e. The topological polar surface area (TPSA) is 84.2 Å². The lowest BCUT2D eigenvalue weighted by Crippen LogP contribution is -2.42. The molecule has 3 aromatic rings. The van der Waals surface area contributed by atoms with E-state index in [9.17, 15) is 9.59 Å². The summed E-state index contributed by atoms with van der Waals surface area (Å²) in [7, 11) is 0. The molecular weight excluding hydrogens is 338 g/mol. The number of amides is 2. The first-order valence-corrected chi connectivity index (χ1v) is 8.74. The van der Waals surface area contributed by atoms with Crippen LogP contribution >= 0.6 is 11.3 Å². The molecule has 0 atom stereocenters. The fourth-order valence-electron chi connectivity index (χ4n) is 2.39. The highest BCUT2D eigenvalue weighted by Gasteiger charge is 2.30. The summed E-state index contributed by atoms with van der Waals surface area (Å²) in [5, 5.41) is 0.613. The standard InChI is InChI=1S/C18H15N3O3S/c22-16(12-8-9-12)20-21-17(23)15-14(11-5-2-1-3-6-11)19-18(25-15)13-7-4-10-24-13/h1-7,10,12H,8-9H2,(H,20,22)(H,21,23). The summed E-state index contributed by atoms with van der Waals surface area (Å²) >= 11 is 1.23. The molecule has 0 radical (unpaired) electrons. The van der Waals surface area contributed by atoms with E-state index in [4.69, 9.17) is 4.42 Å². The fraction of sp³-hybridized carbons (Fsp3) is 0.167.